The number of benzene rings is 1. The largest absolute Gasteiger partial charge is 0.497 e. The van der Waals surface area contributed by atoms with E-state index in [-0.39, 0.29) is 0 Å². The van der Waals surface area contributed by atoms with E-state index >= 15 is 0 Å². The molecule has 0 aromatic heterocycles. The first kappa shape index (κ1) is 17.3. The third-order valence-corrected chi connectivity index (χ3v) is 3.79. The van der Waals surface area contributed by atoms with Gasteiger partial charge in [-0.15, -0.1) is 0 Å². The fraction of sp³-hybridized carbons (Fsp3) is 0.667. The lowest BCUT2D eigenvalue weighted by molar-refractivity contribution is 0.00547. The second-order valence-electron chi connectivity index (χ2n) is 6.60. The molecule has 4 nitrogen and oxygen atoms in total. The summed E-state index contributed by atoms with van der Waals surface area (Å²) in [5.41, 5.74) is 1.22. The summed E-state index contributed by atoms with van der Waals surface area (Å²) in [7, 11) is 1.69. The number of rotatable bonds is 10. The van der Waals surface area contributed by atoms with Crippen LogP contribution in [0.1, 0.15) is 32.3 Å². The van der Waals surface area contributed by atoms with E-state index in [1.165, 1.54) is 18.4 Å². The average Bonchev–Trinajstić information content (AvgIpc) is 3.31. The maximum Gasteiger partial charge on any atom is 0.119 e. The highest BCUT2D eigenvalue weighted by atomic mass is 16.5. The molecule has 1 fully saturated rings. The zero-order chi connectivity index (χ0) is 15.9. The molecule has 124 valence electrons. The Bertz CT molecular complexity index is 446. The molecular formula is C18H29NO3. The molecule has 1 aliphatic rings. The van der Waals surface area contributed by atoms with Gasteiger partial charge in [0, 0.05) is 25.7 Å². The fourth-order valence-electron chi connectivity index (χ4n) is 2.55. The predicted octanol–water partition coefficient (Wildman–Crippen LogP) is 2.69. The van der Waals surface area contributed by atoms with E-state index in [4.69, 9.17) is 9.47 Å². The lowest BCUT2D eigenvalue weighted by Gasteiger charge is -2.25. The van der Waals surface area contributed by atoms with E-state index in [1.54, 1.807) is 7.11 Å². The van der Waals surface area contributed by atoms with E-state index in [9.17, 15) is 5.11 Å². The average molecular weight is 307 g/mol. The summed E-state index contributed by atoms with van der Waals surface area (Å²) >= 11 is 0. The second kappa shape index (κ2) is 8.51. The van der Waals surface area contributed by atoms with Gasteiger partial charge in [0.2, 0.25) is 0 Å². The van der Waals surface area contributed by atoms with Crippen molar-refractivity contribution >= 4 is 0 Å². The number of hydrogen-bond acceptors (Lipinski definition) is 4. The number of aliphatic hydroxyl groups excluding tert-OH is 1. The minimum Gasteiger partial charge on any atom is -0.497 e. The molecule has 1 saturated carbocycles. The van der Waals surface area contributed by atoms with Gasteiger partial charge in [-0.1, -0.05) is 26.0 Å². The van der Waals surface area contributed by atoms with E-state index in [0.29, 0.717) is 31.7 Å². The molecule has 0 heterocycles. The lowest BCUT2D eigenvalue weighted by atomic mass is 10.2. The van der Waals surface area contributed by atoms with Crippen LogP contribution in [-0.2, 0) is 11.3 Å². The van der Waals surface area contributed by atoms with E-state index in [0.717, 1.165) is 12.3 Å². The van der Waals surface area contributed by atoms with Crippen LogP contribution in [0.4, 0.5) is 0 Å². The summed E-state index contributed by atoms with van der Waals surface area (Å²) in [6.07, 6.45) is 2.03. The van der Waals surface area contributed by atoms with Crippen molar-refractivity contribution in [2.75, 3.05) is 26.9 Å². The number of aliphatic hydroxyl groups is 1. The Morgan fingerprint density at radius 3 is 2.68 bits per heavy atom. The number of methoxy groups -OCH3 is 1. The van der Waals surface area contributed by atoms with Crippen LogP contribution in [0.15, 0.2) is 24.3 Å². The van der Waals surface area contributed by atoms with E-state index < -0.39 is 6.10 Å². The Morgan fingerprint density at radius 2 is 2.05 bits per heavy atom. The highest BCUT2D eigenvalue weighted by Gasteiger charge is 2.30. The minimum absolute atomic E-state index is 0.416. The monoisotopic (exact) mass is 307 g/mol. The normalized spacial score (nSPS) is 16.3. The molecule has 0 spiro atoms. The molecular weight excluding hydrogens is 278 g/mol. The Morgan fingerprint density at radius 1 is 1.27 bits per heavy atom. The van der Waals surface area contributed by atoms with Crippen molar-refractivity contribution in [3.05, 3.63) is 29.8 Å². The van der Waals surface area contributed by atoms with Crippen LogP contribution in [0.5, 0.6) is 5.75 Å². The summed E-state index contributed by atoms with van der Waals surface area (Å²) in [5.74, 6) is 1.39. The quantitative estimate of drug-likeness (QED) is 0.721. The first-order valence-electron chi connectivity index (χ1n) is 8.21. The highest BCUT2D eigenvalue weighted by molar-refractivity contribution is 5.28. The molecule has 0 saturated heterocycles. The SMILES string of the molecule is COc1cccc(CN(CC(O)COCC(C)C)C2CC2)c1. The van der Waals surface area contributed by atoms with Gasteiger partial charge in [-0.25, -0.2) is 0 Å². The standard InChI is InChI=1S/C18H29NO3/c1-14(2)12-22-13-17(20)11-19(16-7-8-16)10-15-5-4-6-18(9-15)21-3/h4-6,9,14,16-17,20H,7-8,10-13H2,1-3H3. The highest BCUT2D eigenvalue weighted by Crippen LogP contribution is 2.29. The first-order chi connectivity index (χ1) is 10.6. The minimum atomic E-state index is -0.426. The van der Waals surface area contributed by atoms with Gasteiger partial charge in [0.1, 0.15) is 5.75 Å². The van der Waals surface area contributed by atoms with Gasteiger partial charge in [-0.3, -0.25) is 4.90 Å². The van der Waals surface area contributed by atoms with Gasteiger partial charge < -0.3 is 14.6 Å². The Balaban J connectivity index is 1.84. The maximum absolute atomic E-state index is 10.2. The van der Waals surface area contributed by atoms with Crippen LogP contribution in [0, 0.1) is 5.92 Å². The molecule has 0 aliphatic heterocycles. The number of hydrogen-bond donors (Lipinski definition) is 1. The topological polar surface area (TPSA) is 41.9 Å². The van der Waals surface area contributed by atoms with Gasteiger partial charge in [0.15, 0.2) is 0 Å². The fourth-order valence-corrected chi connectivity index (χ4v) is 2.55. The zero-order valence-electron chi connectivity index (χ0n) is 14.0. The van der Waals surface area contributed by atoms with Crippen molar-refractivity contribution in [1.82, 2.24) is 4.90 Å². The molecule has 22 heavy (non-hydrogen) atoms. The van der Waals surface area contributed by atoms with Gasteiger partial charge in [-0.05, 0) is 36.5 Å². The summed E-state index contributed by atoms with van der Waals surface area (Å²) in [5, 5.41) is 10.2. The summed E-state index contributed by atoms with van der Waals surface area (Å²) in [4.78, 5) is 2.36. The number of ether oxygens (including phenoxy) is 2. The van der Waals surface area contributed by atoms with Crippen molar-refractivity contribution in [3.63, 3.8) is 0 Å². The van der Waals surface area contributed by atoms with Crippen LogP contribution in [-0.4, -0.2) is 49.0 Å². The first-order valence-corrected chi connectivity index (χ1v) is 8.21. The molecule has 1 aromatic rings. The van der Waals surface area contributed by atoms with Gasteiger partial charge in [-0.2, -0.15) is 0 Å². The van der Waals surface area contributed by atoms with Gasteiger partial charge >= 0.3 is 0 Å². The molecule has 1 aliphatic carbocycles. The van der Waals surface area contributed by atoms with Crippen LogP contribution >= 0.6 is 0 Å². The number of nitrogens with zero attached hydrogens (tertiary/aromatic N) is 1. The van der Waals surface area contributed by atoms with Crippen molar-refractivity contribution < 1.29 is 14.6 Å². The summed E-state index contributed by atoms with van der Waals surface area (Å²) in [6.45, 7) is 6.87. The van der Waals surface area contributed by atoms with Crippen LogP contribution in [0.2, 0.25) is 0 Å². The third kappa shape index (κ3) is 5.95. The van der Waals surface area contributed by atoms with Crippen LogP contribution in [0.3, 0.4) is 0 Å². The smallest absolute Gasteiger partial charge is 0.119 e. The van der Waals surface area contributed by atoms with Crippen LogP contribution in [0.25, 0.3) is 0 Å². The molecule has 1 atom stereocenters. The molecule has 0 radical (unpaired) electrons. The second-order valence-corrected chi connectivity index (χ2v) is 6.60. The van der Waals surface area contributed by atoms with Gasteiger partial charge in [0.05, 0.1) is 19.8 Å². The van der Waals surface area contributed by atoms with Gasteiger partial charge in [0.25, 0.3) is 0 Å². The maximum atomic E-state index is 10.2. The molecule has 2 rings (SSSR count). The Hall–Kier alpha value is -1.10. The predicted molar refractivity (Wildman–Crippen MR) is 88.1 cm³/mol. The summed E-state index contributed by atoms with van der Waals surface area (Å²) < 4.78 is 10.8. The molecule has 1 unspecified atom stereocenters. The third-order valence-electron chi connectivity index (χ3n) is 3.79. The van der Waals surface area contributed by atoms with Crippen molar-refractivity contribution in [2.24, 2.45) is 5.92 Å². The molecule has 1 aromatic carbocycles. The van der Waals surface area contributed by atoms with Crippen molar-refractivity contribution in [1.29, 1.82) is 0 Å². The Labute approximate surface area is 134 Å². The van der Waals surface area contributed by atoms with Crippen molar-refractivity contribution in [2.45, 2.75) is 45.4 Å². The zero-order valence-corrected chi connectivity index (χ0v) is 14.0. The molecule has 0 amide bonds. The van der Waals surface area contributed by atoms with Crippen molar-refractivity contribution in [3.8, 4) is 5.75 Å². The van der Waals surface area contributed by atoms with E-state index in [2.05, 4.69) is 30.9 Å². The lowest BCUT2D eigenvalue weighted by Crippen LogP contribution is -2.36. The Kier molecular flexibility index (Phi) is 6.68. The van der Waals surface area contributed by atoms with Crippen LogP contribution < -0.4 is 4.74 Å². The molecule has 1 N–H and O–H groups in total. The summed E-state index contributed by atoms with van der Waals surface area (Å²) in [6, 6.07) is 8.75. The van der Waals surface area contributed by atoms with E-state index in [1.807, 2.05) is 12.1 Å². The molecule has 4 heteroatoms. The molecule has 0 bridgehead atoms.